The molecule has 28 heavy (non-hydrogen) atoms. The first-order valence-electron chi connectivity index (χ1n) is 9.65. The Morgan fingerprint density at radius 3 is 2.86 bits per heavy atom. The molecule has 0 saturated carbocycles. The molecule has 4 rings (SSSR count). The van der Waals surface area contributed by atoms with Crippen LogP contribution in [0.1, 0.15) is 26.2 Å². The molecule has 1 amide bonds. The van der Waals surface area contributed by atoms with Crippen LogP contribution in [-0.2, 0) is 4.79 Å². The zero-order valence-corrected chi connectivity index (χ0v) is 17.1. The molecule has 1 aliphatic heterocycles. The van der Waals surface area contributed by atoms with Crippen molar-refractivity contribution >= 4 is 45.9 Å². The third kappa shape index (κ3) is 4.10. The van der Waals surface area contributed by atoms with Gasteiger partial charge in [-0.3, -0.25) is 4.79 Å². The minimum absolute atomic E-state index is 0. The van der Waals surface area contributed by atoms with Gasteiger partial charge in [0.1, 0.15) is 16.9 Å². The smallest absolute Gasteiger partial charge is 0.224 e. The maximum atomic E-state index is 12.6. The van der Waals surface area contributed by atoms with Gasteiger partial charge in [-0.2, -0.15) is 0 Å². The molecule has 6 heteroatoms. The van der Waals surface area contributed by atoms with Gasteiger partial charge in [-0.25, -0.2) is 0 Å². The Morgan fingerprint density at radius 1 is 1.29 bits per heavy atom. The van der Waals surface area contributed by atoms with E-state index in [0.717, 1.165) is 35.0 Å². The molecule has 1 aliphatic rings. The third-order valence-corrected chi connectivity index (χ3v) is 5.62. The van der Waals surface area contributed by atoms with E-state index in [9.17, 15) is 4.79 Å². The number of carbonyl (C=O) groups is 1. The Morgan fingerprint density at radius 2 is 2.11 bits per heavy atom. The monoisotopic (exact) mass is 402 g/mol. The van der Waals surface area contributed by atoms with E-state index in [1.165, 1.54) is 12.8 Å². The molecule has 2 N–H and O–H groups in total. The fourth-order valence-corrected chi connectivity index (χ4v) is 4.04. The van der Waals surface area contributed by atoms with Crippen molar-refractivity contribution in [2.75, 3.05) is 25.5 Å². The maximum absolute atomic E-state index is 12.6. The molecule has 3 aromatic rings. The van der Waals surface area contributed by atoms with E-state index < -0.39 is 0 Å². The SMILES string of the molecule is COc1cc2c(cc1NC(=O)CC(C)C1CCCNC1)oc1ccccc12.Cl. The summed E-state index contributed by atoms with van der Waals surface area (Å²) in [6, 6.07) is 11.7. The molecule has 2 aromatic carbocycles. The van der Waals surface area contributed by atoms with Crippen LogP contribution in [0, 0.1) is 11.8 Å². The second-order valence-electron chi connectivity index (χ2n) is 7.48. The number of para-hydroxylation sites is 1. The average Bonchev–Trinajstić information content (AvgIpc) is 3.05. The molecule has 0 spiro atoms. The molecular formula is C22H27ClN2O3. The Hall–Kier alpha value is -2.24. The summed E-state index contributed by atoms with van der Waals surface area (Å²) >= 11 is 0. The molecule has 2 unspecified atom stereocenters. The highest BCUT2D eigenvalue weighted by Crippen LogP contribution is 2.36. The Labute approximate surface area is 171 Å². The van der Waals surface area contributed by atoms with Gasteiger partial charge in [-0.1, -0.05) is 25.1 Å². The normalized spacial score (nSPS) is 17.9. The van der Waals surface area contributed by atoms with Crippen molar-refractivity contribution in [2.24, 2.45) is 11.8 Å². The first kappa shape index (κ1) is 20.5. The van der Waals surface area contributed by atoms with E-state index in [0.29, 0.717) is 29.7 Å². The van der Waals surface area contributed by atoms with Crippen LogP contribution >= 0.6 is 12.4 Å². The van der Waals surface area contributed by atoms with Gasteiger partial charge in [0.25, 0.3) is 0 Å². The van der Waals surface area contributed by atoms with E-state index in [2.05, 4.69) is 17.6 Å². The summed E-state index contributed by atoms with van der Waals surface area (Å²) in [4.78, 5) is 12.6. The van der Waals surface area contributed by atoms with Gasteiger partial charge in [-0.05, 0) is 49.9 Å². The van der Waals surface area contributed by atoms with Gasteiger partial charge in [-0.15, -0.1) is 12.4 Å². The van der Waals surface area contributed by atoms with Gasteiger partial charge in [0.15, 0.2) is 0 Å². The summed E-state index contributed by atoms with van der Waals surface area (Å²) in [5, 5.41) is 8.48. The molecule has 0 radical (unpaired) electrons. The predicted molar refractivity (Wildman–Crippen MR) is 116 cm³/mol. The molecule has 1 fully saturated rings. The van der Waals surface area contributed by atoms with Gasteiger partial charge in [0, 0.05) is 23.3 Å². The van der Waals surface area contributed by atoms with Gasteiger partial charge in [0.05, 0.1) is 12.8 Å². The lowest BCUT2D eigenvalue weighted by Crippen LogP contribution is -2.34. The van der Waals surface area contributed by atoms with Crippen LogP contribution in [0.3, 0.4) is 0 Å². The molecule has 1 saturated heterocycles. The standard InChI is InChI=1S/C22H26N2O3.ClH/c1-14(15-6-5-9-23-13-15)10-22(25)24-18-12-20-17(11-21(18)26-2)16-7-3-4-8-19(16)27-20;/h3-4,7-8,11-12,14-15,23H,5-6,9-10,13H2,1-2H3,(H,24,25);1H. The summed E-state index contributed by atoms with van der Waals surface area (Å²) in [5.74, 6) is 1.57. The minimum atomic E-state index is 0. The number of furan rings is 1. The van der Waals surface area contributed by atoms with Gasteiger partial charge >= 0.3 is 0 Å². The molecule has 1 aromatic heterocycles. The van der Waals surface area contributed by atoms with Crippen molar-refractivity contribution < 1.29 is 13.9 Å². The fourth-order valence-electron chi connectivity index (χ4n) is 4.04. The first-order chi connectivity index (χ1) is 13.2. The first-order valence-corrected chi connectivity index (χ1v) is 9.65. The number of ether oxygens (including phenoxy) is 1. The summed E-state index contributed by atoms with van der Waals surface area (Å²) in [7, 11) is 1.62. The van der Waals surface area contributed by atoms with E-state index in [-0.39, 0.29) is 18.3 Å². The van der Waals surface area contributed by atoms with Crippen molar-refractivity contribution in [3.63, 3.8) is 0 Å². The fraction of sp³-hybridized carbons (Fsp3) is 0.409. The number of rotatable bonds is 5. The molecule has 5 nitrogen and oxygen atoms in total. The lowest BCUT2D eigenvalue weighted by Gasteiger charge is -2.28. The number of fused-ring (bicyclic) bond motifs is 3. The predicted octanol–water partition coefficient (Wildman–Crippen LogP) is 4.98. The highest BCUT2D eigenvalue weighted by Gasteiger charge is 2.23. The van der Waals surface area contributed by atoms with E-state index >= 15 is 0 Å². The van der Waals surface area contributed by atoms with Crippen molar-refractivity contribution in [3.8, 4) is 5.75 Å². The summed E-state index contributed by atoms with van der Waals surface area (Å²) in [5.41, 5.74) is 2.23. The van der Waals surface area contributed by atoms with E-state index in [4.69, 9.17) is 9.15 Å². The molecule has 2 heterocycles. The van der Waals surface area contributed by atoms with Crippen molar-refractivity contribution in [2.45, 2.75) is 26.2 Å². The van der Waals surface area contributed by atoms with Crippen LogP contribution in [0.4, 0.5) is 5.69 Å². The van der Waals surface area contributed by atoms with Crippen molar-refractivity contribution in [3.05, 3.63) is 36.4 Å². The Bertz CT molecular complexity index is 963. The largest absolute Gasteiger partial charge is 0.495 e. The number of benzene rings is 2. The number of carbonyl (C=O) groups excluding carboxylic acids is 1. The van der Waals surface area contributed by atoms with Crippen molar-refractivity contribution in [1.82, 2.24) is 5.32 Å². The Balaban J connectivity index is 0.00000225. The molecule has 2 atom stereocenters. The lowest BCUT2D eigenvalue weighted by atomic mass is 9.85. The number of anilines is 1. The molecular weight excluding hydrogens is 376 g/mol. The Kier molecular flexibility index (Phi) is 6.47. The van der Waals surface area contributed by atoms with Crippen LogP contribution in [0.2, 0.25) is 0 Å². The van der Waals surface area contributed by atoms with Crippen LogP contribution in [-0.4, -0.2) is 26.1 Å². The maximum Gasteiger partial charge on any atom is 0.224 e. The third-order valence-electron chi connectivity index (χ3n) is 5.62. The summed E-state index contributed by atoms with van der Waals surface area (Å²) in [6.45, 7) is 4.25. The zero-order chi connectivity index (χ0) is 18.8. The van der Waals surface area contributed by atoms with E-state index in [1.807, 2.05) is 36.4 Å². The van der Waals surface area contributed by atoms with Crippen LogP contribution < -0.4 is 15.4 Å². The summed E-state index contributed by atoms with van der Waals surface area (Å²) < 4.78 is 11.5. The second kappa shape index (κ2) is 8.84. The number of amides is 1. The number of hydrogen-bond acceptors (Lipinski definition) is 4. The lowest BCUT2D eigenvalue weighted by molar-refractivity contribution is -0.117. The number of piperidine rings is 1. The van der Waals surface area contributed by atoms with Crippen molar-refractivity contribution in [1.29, 1.82) is 0 Å². The minimum Gasteiger partial charge on any atom is -0.495 e. The summed E-state index contributed by atoms with van der Waals surface area (Å²) in [6.07, 6.45) is 2.89. The number of hydrogen-bond donors (Lipinski definition) is 2. The van der Waals surface area contributed by atoms with Crippen LogP contribution in [0.25, 0.3) is 21.9 Å². The zero-order valence-electron chi connectivity index (χ0n) is 16.3. The highest BCUT2D eigenvalue weighted by atomic mass is 35.5. The number of nitrogens with one attached hydrogen (secondary N) is 2. The second-order valence-corrected chi connectivity index (χ2v) is 7.48. The number of halogens is 1. The van der Waals surface area contributed by atoms with Crippen LogP contribution in [0.5, 0.6) is 5.75 Å². The average molecular weight is 403 g/mol. The topological polar surface area (TPSA) is 63.5 Å². The van der Waals surface area contributed by atoms with Gasteiger partial charge < -0.3 is 19.8 Å². The molecule has 0 bridgehead atoms. The highest BCUT2D eigenvalue weighted by molar-refractivity contribution is 6.07. The van der Waals surface area contributed by atoms with Gasteiger partial charge in [0.2, 0.25) is 5.91 Å². The van der Waals surface area contributed by atoms with E-state index in [1.54, 1.807) is 7.11 Å². The molecule has 150 valence electrons. The molecule has 0 aliphatic carbocycles. The number of methoxy groups -OCH3 is 1. The van der Waals surface area contributed by atoms with Crippen LogP contribution in [0.15, 0.2) is 40.8 Å². The quantitative estimate of drug-likeness (QED) is 0.631.